The van der Waals surface area contributed by atoms with Crippen LogP contribution in [0.4, 0.5) is 11.7 Å². The Kier molecular flexibility index (Phi) is 2.66. The summed E-state index contributed by atoms with van der Waals surface area (Å²) in [6.07, 6.45) is 2.38. The monoisotopic (exact) mass is 244 g/mol. The molecule has 1 fully saturated rings. The molecule has 0 aliphatic carbocycles. The predicted octanol–water partition coefficient (Wildman–Crippen LogP) is 2.23. The normalized spacial score (nSPS) is 15.3. The summed E-state index contributed by atoms with van der Waals surface area (Å²) >= 11 is 0. The summed E-state index contributed by atoms with van der Waals surface area (Å²) in [7, 11) is 0. The van der Waals surface area contributed by atoms with Gasteiger partial charge in [-0.15, -0.1) is 5.10 Å². The van der Waals surface area contributed by atoms with Crippen molar-refractivity contribution >= 4 is 11.7 Å². The lowest BCUT2D eigenvalue weighted by molar-refractivity contribution is 0.557. The molecule has 2 heterocycles. The first-order valence-corrected chi connectivity index (χ1v) is 6.19. The predicted molar refractivity (Wildman–Crippen MR) is 70.3 cm³/mol. The van der Waals surface area contributed by atoms with E-state index in [0.29, 0.717) is 11.9 Å². The molecule has 2 aromatic rings. The zero-order valence-corrected chi connectivity index (χ0v) is 10.4. The number of benzene rings is 1. The quantitative estimate of drug-likeness (QED) is 0.820. The highest BCUT2D eigenvalue weighted by molar-refractivity contribution is 5.62. The molecule has 0 saturated carbocycles. The Bertz CT molecular complexity index is 558. The summed E-state index contributed by atoms with van der Waals surface area (Å²) in [6.45, 7) is 3.97. The van der Waals surface area contributed by atoms with Crippen LogP contribution in [0.5, 0.6) is 0 Å². The Hall–Kier alpha value is -2.04. The van der Waals surface area contributed by atoms with Gasteiger partial charge in [-0.05, 0) is 37.5 Å². The van der Waals surface area contributed by atoms with Gasteiger partial charge >= 0.3 is 6.01 Å². The van der Waals surface area contributed by atoms with Crippen LogP contribution >= 0.6 is 0 Å². The minimum absolute atomic E-state index is 0.531. The van der Waals surface area contributed by atoms with Gasteiger partial charge in [0.25, 0.3) is 0 Å². The van der Waals surface area contributed by atoms with Crippen molar-refractivity contribution in [2.45, 2.75) is 19.8 Å². The van der Waals surface area contributed by atoms with E-state index in [2.05, 4.69) is 15.1 Å². The number of aryl methyl sites for hydroxylation is 1. The molecule has 0 bridgehead atoms. The molecule has 1 aliphatic heterocycles. The third-order valence-corrected chi connectivity index (χ3v) is 3.32. The number of hydrogen-bond acceptors (Lipinski definition) is 5. The van der Waals surface area contributed by atoms with Gasteiger partial charge in [0.05, 0.1) is 0 Å². The van der Waals surface area contributed by atoms with E-state index in [0.717, 1.165) is 29.9 Å². The largest absolute Gasteiger partial charge is 0.403 e. The zero-order chi connectivity index (χ0) is 12.5. The van der Waals surface area contributed by atoms with Crippen LogP contribution in [-0.4, -0.2) is 23.3 Å². The number of nitrogens with two attached hydrogens (primary N) is 1. The number of aromatic nitrogens is 2. The lowest BCUT2D eigenvalue weighted by atomic mass is 10.1. The van der Waals surface area contributed by atoms with Gasteiger partial charge in [-0.25, -0.2) is 0 Å². The van der Waals surface area contributed by atoms with Crippen molar-refractivity contribution in [1.29, 1.82) is 0 Å². The highest BCUT2D eigenvalue weighted by Crippen LogP contribution is 2.26. The van der Waals surface area contributed by atoms with Gasteiger partial charge in [-0.1, -0.05) is 11.2 Å². The molecule has 0 spiro atoms. The summed E-state index contributed by atoms with van der Waals surface area (Å²) < 4.78 is 5.70. The molecule has 1 aliphatic rings. The summed E-state index contributed by atoms with van der Waals surface area (Å²) in [5.41, 5.74) is 8.56. The van der Waals surface area contributed by atoms with Gasteiger partial charge in [0.2, 0.25) is 5.89 Å². The van der Waals surface area contributed by atoms with Gasteiger partial charge < -0.3 is 15.1 Å². The third-order valence-electron chi connectivity index (χ3n) is 3.32. The minimum Gasteiger partial charge on any atom is -0.403 e. The van der Waals surface area contributed by atoms with E-state index < -0.39 is 0 Å². The Morgan fingerprint density at radius 2 is 2.00 bits per heavy atom. The number of nitrogen functional groups attached to an aromatic ring is 1. The summed E-state index contributed by atoms with van der Waals surface area (Å²) in [4.78, 5) is 2.12. The average Bonchev–Trinajstić information content (AvgIpc) is 3.01. The first kappa shape index (κ1) is 11.1. The fraction of sp³-hybridized carbons (Fsp3) is 0.385. The second-order valence-electron chi connectivity index (χ2n) is 4.66. The lowest BCUT2D eigenvalue weighted by Crippen LogP contribution is -2.17. The Morgan fingerprint density at radius 1 is 1.22 bits per heavy atom. The molecule has 94 valence electrons. The van der Waals surface area contributed by atoms with Gasteiger partial charge in [-0.2, -0.15) is 0 Å². The van der Waals surface area contributed by atoms with Crippen LogP contribution in [-0.2, 0) is 0 Å². The van der Waals surface area contributed by atoms with E-state index >= 15 is 0 Å². The van der Waals surface area contributed by atoms with Crippen molar-refractivity contribution in [3.05, 3.63) is 23.8 Å². The van der Waals surface area contributed by atoms with Crippen molar-refractivity contribution in [2.24, 2.45) is 0 Å². The van der Waals surface area contributed by atoms with Crippen LogP contribution in [0.15, 0.2) is 22.6 Å². The van der Waals surface area contributed by atoms with Crippen LogP contribution < -0.4 is 10.6 Å². The maximum atomic E-state index is 5.89. The smallest absolute Gasteiger partial charge is 0.318 e. The topological polar surface area (TPSA) is 68.2 Å². The molecule has 1 saturated heterocycles. The van der Waals surface area contributed by atoms with E-state index in [1.165, 1.54) is 12.8 Å². The standard InChI is InChI=1S/C13H16N4O/c1-9-4-5-10(8-11(9)14)12-15-16-13(18-12)17-6-2-3-7-17/h4-5,8H,2-3,6-7,14H2,1H3. The Morgan fingerprint density at radius 3 is 2.72 bits per heavy atom. The number of hydrogen-bond donors (Lipinski definition) is 1. The molecule has 0 atom stereocenters. The lowest BCUT2D eigenvalue weighted by Gasteiger charge is -2.09. The molecule has 5 nitrogen and oxygen atoms in total. The van der Waals surface area contributed by atoms with Gasteiger partial charge in [-0.3, -0.25) is 0 Å². The summed E-state index contributed by atoms with van der Waals surface area (Å²) in [5.74, 6) is 0.531. The molecule has 0 radical (unpaired) electrons. The van der Waals surface area contributed by atoms with E-state index in [1.807, 2.05) is 25.1 Å². The zero-order valence-electron chi connectivity index (χ0n) is 10.4. The second kappa shape index (κ2) is 4.33. The molecule has 0 amide bonds. The summed E-state index contributed by atoms with van der Waals surface area (Å²) in [5, 5.41) is 8.18. The third kappa shape index (κ3) is 1.92. The molecule has 2 N–H and O–H groups in total. The van der Waals surface area contributed by atoms with Crippen molar-refractivity contribution in [1.82, 2.24) is 10.2 Å². The highest BCUT2D eigenvalue weighted by atomic mass is 16.4. The van der Waals surface area contributed by atoms with Crippen LogP contribution in [0.1, 0.15) is 18.4 Å². The molecular weight excluding hydrogens is 228 g/mol. The van der Waals surface area contributed by atoms with Crippen LogP contribution in [0, 0.1) is 6.92 Å². The van der Waals surface area contributed by atoms with Crippen molar-refractivity contribution in [3.8, 4) is 11.5 Å². The first-order valence-electron chi connectivity index (χ1n) is 6.19. The first-order chi connectivity index (χ1) is 8.74. The summed E-state index contributed by atoms with van der Waals surface area (Å²) in [6, 6.07) is 6.40. The molecular formula is C13H16N4O. The molecule has 5 heteroatoms. The van der Waals surface area contributed by atoms with Crippen molar-refractivity contribution in [3.63, 3.8) is 0 Å². The van der Waals surface area contributed by atoms with Crippen LogP contribution in [0.3, 0.4) is 0 Å². The highest BCUT2D eigenvalue weighted by Gasteiger charge is 2.18. The van der Waals surface area contributed by atoms with Gasteiger partial charge in [0.15, 0.2) is 0 Å². The second-order valence-corrected chi connectivity index (χ2v) is 4.66. The molecule has 1 aromatic heterocycles. The van der Waals surface area contributed by atoms with Gasteiger partial charge in [0.1, 0.15) is 0 Å². The number of anilines is 2. The Labute approximate surface area is 106 Å². The van der Waals surface area contributed by atoms with Crippen LogP contribution in [0.25, 0.3) is 11.5 Å². The fourth-order valence-corrected chi connectivity index (χ4v) is 2.14. The van der Waals surface area contributed by atoms with Crippen molar-refractivity contribution in [2.75, 3.05) is 23.7 Å². The fourth-order valence-electron chi connectivity index (χ4n) is 2.14. The minimum atomic E-state index is 0.531. The molecule has 3 rings (SSSR count). The molecule has 1 aromatic carbocycles. The number of nitrogens with zero attached hydrogens (tertiary/aromatic N) is 3. The maximum Gasteiger partial charge on any atom is 0.318 e. The average molecular weight is 244 g/mol. The van der Waals surface area contributed by atoms with E-state index in [-0.39, 0.29) is 0 Å². The molecule has 18 heavy (non-hydrogen) atoms. The SMILES string of the molecule is Cc1ccc(-c2nnc(N3CCCC3)o2)cc1N. The van der Waals surface area contributed by atoms with E-state index in [1.54, 1.807) is 0 Å². The van der Waals surface area contributed by atoms with Crippen molar-refractivity contribution < 1.29 is 4.42 Å². The van der Waals surface area contributed by atoms with Crippen LogP contribution in [0.2, 0.25) is 0 Å². The van der Waals surface area contributed by atoms with E-state index in [4.69, 9.17) is 10.2 Å². The number of rotatable bonds is 2. The maximum absolute atomic E-state index is 5.89. The molecule has 0 unspecified atom stereocenters. The Balaban J connectivity index is 1.89. The van der Waals surface area contributed by atoms with E-state index in [9.17, 15) is 0 Å². The van der Waals surface area contributed by atoms with Gasteiger partial charge in [0, 0.05) is 24.3 Å².